The third-order valence-corrected chi connectivity index (χ3v) is 8.32. The van der Waals surface area contributed by atoms with Gasteiger partial charge in [-0.2, -0.15) is 0 Å². The van der Waals surface area contributed by atoms with E-state index in [9.17, 15) is 4.79 Å². The molecule has 5 nitrogen and oxygen atoms in total. The van der Waals surface area contributed by atoms with Crippen molar-refractivity contribution in [3.05, 3.63) is 103 Å². The number of aliphatic imine (C=N–C) groups is 1. The summed E-state index contributed by atoms with van der Waals surface area (Å²) in [6, 6.07) is 15.8. The molecular formula is C29H26Br2N2O3S. The van der Waals surface area contributed by atoms with E-state index in [-0.39, 0.29) is 5.91 Å². The predicted octanol–water partition coefficient (Wildman–Crippen LogP) is 8.04. The average Bonchev–Trinajstić information content (AvgIpc) is 3.20. The highest BCUT2D eigenvalue weighted by Gasteiger charge is 2.24. The summed E-state index contributed by atoms with van der Waals surface area (Å²) in [5.74, 6) is 1.08. The predicted molar refractivity (Wildman–Crippen MR) is 160 cm³/mol. The fraction of sp³-hybridized carbons (Fsp3) is 0.172. The zero-order valence-corrected chi connectivity index (χ0v) is 24.7. The van der Waals surface area contributed by atoms with E-state index < -0.39 is 0 Å². The Morgan fingerprint density at radius 3 is 2.43 bits per heavy atom. The number of hydrogen-bond acceptors (Lipinski definition) is 5. The number of aryl methyl sites for hydroxylation is 2. The zero-order valence-electron chi connectivity index (χ0n) is 20.7. The van der Waals surface area contributed by atoms with Gasteiger partial charge >= 0.3 is 0 Å². The number of allylic oxidation sites excluding steroid dienone is 1. The summed E-state index contributed by atoms with van der Waals surface area (Å²) < 4.78 is 13.9. The van der Waals surface area contributed by atoms with Gasteiger partial charge in [-0.25, -0.2) is 4.99 Å². The molecule has 3 aromatic carbocycles. The van der Waals surface area contributed by atoms with Gasteiger partial charge in [-0.15, -0.1) is 6.58 Å². The Labute approximate surface area is 238 Å². The minimum absolute atomic E-state index is 0.186. The van der Waals surface area contributed by atoms with Crippen molar-refractivity contribution < 1.29 is 14.3 Å². The van der Waals surface area contributed by atoms with Crippen molar-refractivity contribution >= 4 is 66.5 Å². The summed E-state index contributed by atoms with van der Waals surface area (Å²) >= 11 is 8.35. The van der Waals surface area contributed by atoms with E-state index in [1.54, 1.807) is 7.11 Å². The number of rotatable bonds is 8. The molecule has 0 radical (unpaired) electrons. The molecule has 1 N–H and O–H groups in total. The van der Waals surface area contributed by atoms with Crippen LogP contribution in [0.3, 0.4) is 0 Å². The Morgan fingerprint density at radius 2 is 1.78 bits per heavy atom. The molecule has 190 valence electrons. The van der Waals surface area contributed by atoms with E-state index in [1.165, 1.54) is 11.8 Å². The number of carbonyl (C=O) groups excluding carboxylic acids is 1. The molecule has 1 amide bonds. The molecule has 1 saturated heterocycles. The number of carbonyl (C=O) groups is 1. The number of nitrogens with zero attached hydrogens (tertiary/aromatic N) is 1. The third kappa shape index (κ3) is 6.74. The van der Waals surface area contributed by atoms with E-state index in [0.29, 0.717) is 34.6 Å². The Balaban J connectivity index is 1.60. The van der Waals surface area contributed by atoms with Crippen molar-refractivity contribution in [1.29, 1.82) is 0 Å². The highest BCUT2D eigenvalue weighted by atomic mass is 79.9. The van der Waals surface area contributed by atoms with E-state index in [2.05, 4.69) is 48.7 Å². The molecule has 4 rings (SSSR count). The van der Waals surface area contributed by atoms with Crippen LogP contribution in [-0.4, -0.2) is 18.2 Å². The largest absolute Gasteiger partial charge is 0.493 e. The first-order chi connectivity index (χ1) is 17.8. The number of thioether (sulfide) groups is 1. The first-order valence-electron chi connectivity index (χ1n) is 11.5. The molecule has 0 bridgehead atoms. The van der Waals surface area contributed by atoms with Gasteiger partial charge in [-0.05, 0) is 96.8 Å². The van der Waals surface area contributed by atoms with Crippen LogP contribution >= 0.6 is 43.6 Å². The molecule has 0 atom stereocenters. The van der Waals surface area contributed by atoms with E-state index >= 15 is 0 Å². The van der Waals surface area contributed by atoms with Gasteiger partial charge in [0.1, 0.15) is 6.61 Å². The van der Waals surface area contributed by atoms with Gasteiger partial charge in [-0.3, -0.25) is 4.79 Å². The van der Waals surface area contributed by atoms with Crippen molar-refractivity contribution in [3.63, 3.8) is 0 Å². The van der Waals surface area contributed by atoms with Crippen LogP contribution in [0.1, 0.15) is 27.8 Å². The molecule has 0 spiro atoms. The molecule has 0 saturated carbocycles. The quantitative estimate of drug-likeness (QED) is 0.200. The third-order valence-electron chi connectivity index (χ3n) is 5.64. The van der Waals surface area contributed by atoms with Crippen molar-refractivity contribution in [2.75, 3.05) is 7.11 Å². The van der Waals surface area contributed by atoms with Crippen LogP contribution < -0.4 is 14.8 Å². The Kier molecular flexibility index (Phi) is 8.95. The number of methoxy groups -OCH3 is 1. The van der Waals surface area contributed by atoms with Crippen LogP contribution in [0, 0.1) is 13.8 Å². The lowest BCUT2D eigenvalue weighted by molar-refractivity contribution is -0.115. The van der Waals surface area contributed by atoms with Crippen molar-refractivity contribution in [1.82, 2.24) is 5.32 Å². The number of benzene rings is 3. The van der Waals surface area contributed by atoms with Crippen LogP contribution in [0.5, 0.6) is 11.5 Å². The fourth-order valence-electron chi connectivity index (χ4n) is 3.86. The fourth-order valence-corrected chi connectivity index (χ4v) is 5.20. The molecular weight excluding hydrogens is 616 g/mol. The van der Waals surface area contributed by atoms with Crippen molar-refractivity contribution in [2.45, 2.75) is 26.9 Å². The lowest BCUT2D eigenvalue weighted by atomic mass is 10.0. The summed E-state index contributed by atoms with van der Waals surface area (Å²) in [4.78, 5) is 17.9. The van der Waals surface area contributed by atoms with Crippen LogP contribution in [0.2, 0.25) is 0 Å². The summed E-state index contributed by atoms with van der Waals surface area (Å²) in [6.45, 7) is 8.33. The summed E-state index contributed by atoms with van der Waals surface area (Å²) in [6.07, 6.45) is 4.26. The number of hydrogen-bond donors (Lipinski definition) is 1. The summed E-state index contributed by atoms with van der Waals surface area (Å²) in [5.41, 5.74) is 5.78. The number of halogens is 2. The second kappa shape index (κ2) is 12.2. The lowest BCUT2D eigenvalue weighted by Crippen LogP contribution is -2.19. The second-order valence-corrected chi connectivity index (χ2v) is 11.2. The molecule has 0 aromatic heterocycles. The normalized spacial score (nSPS) is 15.2. The Hall–Kier alpha value is -2.81. The van der Waals surface area contributed by atoms with Crippen LogP contribution in [-0.2, 0) is 17.8 Å². The van der Waals surface area contributed by atoms with Gasteiger partial charge in [0.25, 0.3) is 5.91 Å². The van der Waals surface area contributed by atoms with Gasteiger partial charge in [0, 0.05) is 14.5 Å². The molecule has 0 aliphatic carbocycles. The van der Waals surface area contributed by atoms with Crippen molar-refractivity contribution in [3.8, 4) is 11.5 Å². The highest BCUT2D eigenvalue weighted by molar-refractivity contribution is 9.10. The molecule has 37 heavy (non-hydrogen) atoms. The van der Waals surface area contributed by atoms with Crippen LogP contribution in [0.4, 0.5) is 5.69 Å². The summed E-state index contributed by atoms with van der Waals surface area (Å²) in [5, 5.41) is 3.41. The smallest absolute Gasteiger partial charge is 0.264 e. The number of nitrogens with one attached hydrogen (secondary N) is 1. The highest BCUT2D eigenvalue weighted by Crippen LogP contribution is 2.37. The van der Waals surface area contributed by atoms with Crippen molar-refractivity contribution in [2.24, 2.45) is 4.99 Å². The minimum atomic E-state index is -0.186. The Morgan fingerprint density at radius 1 is 1.08 bits per heavy atom. The number of amides is 1. The number of ether oxygens (including phenoxy) is 2. The second-order valence-electron chi connectivity index (χ2n) is 8.49. The lowest BCUT2D eigenvalue weighted by Gasteiger charge is -2.16. The zero-order chi connectivity index (χ0) is 26.5. The summed E-state index contributed by atoms with van der Waals surface area (Å²) in [7, 11) is 1.61. The van der Waals surface area contributed by atoms with E-state index in [0.717, 1.165) is 42.5 Å². The molecule has 0 unspecified atom stereocenters. The van der Waals surface area contributed by atoms with Crippen LogP contribution in [0.15, 0.2) is 80.0 Å². The molecule has 1 fully saturated rings. The molecule has 3 aromatic rings. The first-order valence-corrected chi connectivity index (χ1v) is 13.9. The Bertz CT molecular complexity index is 1390. The van der Waals surface area contributed by atoms with Gasteiger partial charge in [0.15, 0.2) is 16.7 Å². The number of amidine groups is 1. The maximum Gasteiger partial charge on any atom is 0.264 e. The van der Waals surface area contributed by atoms with Gasteiger partial charge in [0.2, 0.25) is 0 Å². The topological polar surface area (TPSA) is 59.9 Å². The average molecular weight is 642 g/mol. The first kappa shape index (κ1) is 27.2. The SMILES string of the molecule is C=CCc1cc(/C=C2\SC(=Nc3cc(C)c(Br)c(C)c3)NC2=O)cc(OC)c1OCc1ccc(Br)cc1. The van der Waals surface area contributed by atoms with Gasteiger partial charge < -0.3 is 14.8 Å². The molecule has 1 aliphatic rings. The maximum atomic E-state index is 12.7. The minimum Gasteiger partial charge on any atom is -0.493 e. The monoisotopic (exact) mass is 640 g/mol. The van der Waals surface area contributed by atoms with Crippen LogP contribution in [0.25, 0.3) is 6.08 Å². The molecule has 8 heteroatoms. The van der Waals surface area contributed by atoms with Gasteiger partial charge in [0.05, 0.1) is 17.7 Å². The standard InChI is InChI=1S/C29H26Br2N2O3S/c1-5-6-21-13-20(14-24(35-4)27(21)36-16-19-7-9-22(30)10-8-19)15-25-28(34)33-29(37-25)32-23-11-17(2)26(31)18(3)12-23/h5,7-15H,1,6,16H2,2-4H3,(H,32,33,34)/b25-15-. The molecule has 1 aliphatic heterocycles. The molecule has 1 heterocycles. The maximum absolute atomic E-state index is 12.7. The van der Waals surface area contributed by atoms with E-state index in [1.807, 2.05) is 74.5 Å². The van der Waals surface area contributed by atoms with E-state index in [4.69, 9.17) is 9.47 Å². The van der Waals surface area contributed by atoms with Gasteiger partial charge in [-0.1, -0.05) is 50.1 Å².